The summed E-state index contributed by atoms with van der Waals surface area (Å²) >= 11 is 1.42. The first-order chi connectivity index (χ1) is 11.9. The van der Waals surface area contributed by atoms with Gasteiger partial charge in [-0.3, -0.25) is 10.1 Å². The maximum absolute atomic E-state index is 12.3. The van der Waals surface area contributed by atoms with Gasteiger partial charge in [0.1, 0.15) is 6.10 Å². The van der Waals surface area contributed by atoms with Crippen LogP contribution in [0.1, 0.15) is 39.2 Å². The lowest BCUT2D eigenvalue weighted by Gasteiger charge is -2.18. The molecule has 1 aromatic heterocycles. The average molecular weight is 359 g/mol. The van der Waals surface area contributed by atoms with Gasteiger partial charge in [0.2, 0.25) is 0 Å². The molecule has 1 saturated heterocycles. The fraction of sp³-hybridized carbons (Fsp3) is 0.474. The van der Waals surface area contributed by atoms with Crippen molar-refractivity contribution < 1.29 is 9.53 Å². The topological polar surface area (TPSA) is 77.2 Å². The van der Waals surface area contributed by atoms with Crippen LogP contribution in [0.4, 0.5) is 5.13 Å². The molecule has 6 heteroatoms. The Morgan fingerprint density at radius 2 is 2.04 bits per heavy atom. The van der Waals surface area contributed by atoms with E-state index in [1.165, 1.54) is 16.9 Å². The van der Waals surface area contributed by atoms with Gasteiger partial charge >= 0.3 is 0 Å². The van der Waals surface area contributed by atoms with E-state index in [1.54, 1.807) is 0 Å². The van der Waals surface area contributed by atoms with Crippen LogP contribution in [0.2, 0.25) is 0 Å². The number of aromatic nitrogens is 1. The van der Waals surface area contributed by atoms with E-state index in [2.05, 4.69) is 55.3 Å². The van der Waals surface area contributed by atoms with E-state index in [9.17, 15) is 4.79 Å². The Hall–Kier alpha value is -1.76. The molecule has 2 aromatic rings. The molecule has 0 spiro atoms. The van der Waals surface area contributed by atoms with Gasteiger partial charge in [-0.2, -0.15) is 0 Å². The first-order valence-corrected chi connectivity index (χ1v) is 9.47. The second-order valence-corrected chi connectivity index (χ2v) is 8.27. The number of benzene rings is 1. The van der Waals surface area contributed by atoms with Gasteiger partial charge in [-0.05, 0) is 23.8 Å². The number of anilines is 1. The first kappa shape index (κ1) is 18.0. The van der Waals surface area contributed by atoms with Crippen LogP contribution in [-0.4, -0.2) is 29.6 Å². The quantitative estimate of drug-likeness (QED) is 0.875. The van der Waals surface area contributed by atoms with Crippen LogP contribution < -0.4 is 11.1 Å². The van der Waals surface area contributed by atoms with E-state index in [1.807, 2.05) is 5.38 Å². The third-order valence-electron chi connectivity index (χ3n) is 4.44. The molecule has 5 nitrogen and oxygen atoms in total. The molecule has 1 fully saturated rings. The summed E-state index contributed by atoms with van der Waals surface area (Å²) < 4.78 is 5.62. The van der Waals surface area contributed by atoms with Crippen molar-refractivity contribution >= 4 is 22.4 Å². The molecule has 0 saturated carbocycles. The Kier molecular flexibility index (Phi) is 5.22. The summed E-state index contributed by atoms with van der Waals surface area (Å²) in [4.78, 5) is 16.8. The molecule has 1 aromatic carbocycles. The van der Waals surface area contributed by atoms with Crippen molar-refractivity contribution in [3.8, 4) is 11.3 Å². The van der Waals surface area contributed by atoms with Crippen molar-refractivity contribution in [2.75, 3.05) is 11.9 Å². The zero-order valence-corrected chi connectivity index (χ0v) is 15.7. The predicted octanol–water partition coefficient (Wildman–Crippen LogP) is 3.55. The highest BCUT2D eigenvalue weighted by atomic mass is 32.1. The fourth-order valence-electron chi connectivity index (χ4n) is 2.86. The van der Waals surface area contributed by atoms with Gasteiger partial charge in [-0.1, -0.05) is 45.0 Å². The van der Waals surface area contributed by atoms with Crippen molar-refractivity contribution in [3.63, 3.8) is 0 Å². The maximum atomic E-state index is 12.3. The molecule has 1 aliphatic rings. The summed E-state index contributed by atoms with van der Waals surface area (Å²) in [6.07, 6.45) is 1.11. The number of nitrogens with zero attached hydrogens (tertiary/aromatic N) is 1. The lowest BCUT2D eigenvalue weighted by Crippen LogP contribution is -2.29. The summed E-state index contributed by atoms with van der Waals surface area (Å²) in [5, 5.41) is 5.41. The molecule has 25 heavy (non-hydrogen) atoms. The molecule has 3 rings (SSSR count). The Balaban J connectivity index is 1.65. The van der Waals surface area contributed by atoms with Gasteiger partial charge in [0.25, 0.3) is 5.91 Å². The third kappa shape index (κ3) is 4.26. The second-order valence-electron chi connectivity index (χ2n) is 7.41. The monoisotopic (exact) mass is 359 g/mol. The van der Waals surface area contributed by atoms with Crippen molar-refractivity contribution in [2.24, 2.45) is 5.73 Å². The van der Waals surface area contributed by atoms with E-state index in [0.717, 1.165) is 17.7 Å². The normalized spacial score (nSPS) is 20.6. The predicted molar refractivity (Wildman–Crippen MR) is 102 cm³/mol. The molecule has 2 heterocycles. The van der Waals surface area contributed by atoms with Gasteiger partial charge in [0.15, 0.2) is 5.13 Å². The zero-order valence-electron chi connectivity index (χ0n) is 14.9. The summed E-state index contributed by atoms with van der Waals surface area (Å²) in [7, 11) is 0. The molecular formula is C19H25N3O2S. The molecule has 2 atom stereocenters. The number of amides is 1. The minimum atomic E-state index is -0.424. The van der Waals surface area contributed by atoms with Crippen LogP contribution >= 0.6 is 11.3 Å². The number of nitrogens with one attached hydrogen (secondary N) is 1. The summed E-state index contributed by atoms with van der Waals surface area (Å²) in [6.45, 7) is 7.03. The smallest absolute Gasteiger partial charge is 0.255 e. The molecule has 0 radical (unpaired) electrons. The number of carbonyl (C=O) groups is 1. The second kappa shape index (κ2) is 7.23. The molecular weight excluding hydrogens is 334 g/mol. The van der Waals surface area contributed by atoms with Gasteiger partial charge < -0.3 is 10.5 Å². The standard InChI is InChI=1S/C19H25N3O2S/c1-19(2,3)13-6-4-12(5-7-13)15-11-25-18(21-15)22-17(23)16-9-8-14(10-20)24-16/h4-7,11,14,16H,8-10,20H2,1-3H3,(H,21,22,23)/t14-,16+/m1/s1. The molecule has 1 amide bonds. The lowest BCUT2D eigenvalue weighted by molar-refractivity contribution is -0.126. The SMILES string of the molecule is CC(C)(C)c1ccc(-c2csc(NC(=O)[C@@H]3CC[C@H](CN)O3)n2)cc1. The minimum Gasteiger partial charge on any atom is -0.364 e. The zero-order chi connectivity index (χ0) is 18.0. The van der Waals surface area contributed by atoms with Gasteiger partial charge in [0.05, 0.1) is 11.8 Å². The summed E-state index contributed by atoms with van der Waals surface area (Å²) in [6, 6.07) is 8.42. The number of rotatable bonds is 4. The molecule has 0 aliphatic carbocycles. The number of hydrogen-bond donors (Lipinski definition) is 2. The number of carbonyl (C=O) groups excluding carboxylic acids is 1. The van der Waals surface area contributed by atoms with Crippen LogP contribution in [0.15, 0.2) is 29.6 Å². The third-order valence-corrected chi connectivity index (χ3v) is 5.20. The van der Waals surface area contributed by atoms with Crippen LogP contribution in [0, 0.1) is 0 Å². The average Bonchev–Trinajstić information content (AvgIpc) is 3.23. The van der Waals surface area contributed by atoms with Crippen molar-refractivity contribution in [1.82, 2.24) is 4.98 Å². The van der Waals surface area contributed by atoms with Crippen LogP contribution in [-0.2, 0) is 14.9 Å². The molecule has 0 unspecified atom stereocenters. The van der Waals surface area contributed by atoms with Crippen molar-refractivity contribution in [1.29, 1.82) is 0 Å². The van der Waals surface area contributed by atoms with Gasteiger partial charge in [-0.25, -0.2) is 4.98 Å². The van der Waals surface area contributed by atoms with Crippen LogP contribution in [0.25, 0.3) is 11.3 Å². The fourth-order valence-corrected chi connectivity index (χ4v) is 3.59. The van der Waals surface area contributed by atoms with Gasteiger partial charge in [0, 0.05) is 17.5 Å². The van der Waals surface area contributed by atoms with Crippen molar-refractivity contribution in [3.05, 3.63) is 35.2 Å². The van der Waals surface area contributed by atoms with Crippen LogP contribution in [0.3, 0.4) is 0 Å². The number of thiazole rings is 1. The van der Waals surface area contributed by atoms with Gasteiger partial charge in [-0.15, -0.1) is 11.3 Å². The first-order valence-electron chi connectivity index (χ1n) is 8.59. The van der Waals surface area contributed by atoms with E-state index >= 15 is 0 Å². The highest BCUT2D eigenvalue weighted by Crippen LogP contribution is 2.29. The molecule has 134 valence electrons. The highest BCUT2D eigenvalue weighted by molar-refractivity contribution is 7.14. The largest absolute Gasteiger partial charge is 0.364 e. The minimum absolute atomic E-state index is 0.0102. The Morgan fingerprint density at radius 3 is 2.64 bits per heavy atom. The van der Waals surface area contributed by atoms with E-state index in [0.29, 0.717) is 18.1 Å². The van der Waals surface area contributed by atoms with E-state index in [-0.39, 0.29) is 17.4 Å². The highest BCUT2D eigenvalue weighted by Gasteiger charge is 2.30. The molecule has 3 N–H and O–H groups in total. The Bertz CT molecular complexity index is 734. The number of nitrogens with two attached hydrogens (primary N) is 1. The van der Waals surface area contributed by atoms with Crippen molar-refractivity contribution in [2.45, 2.75) is 51.2 Å². The number of hydrogen-bond acceptors (Lipinski definition) is 5. The number of ether oxygens (including phenoxy) is 1. The lowest BCUT2D eigenvalue weighted by atomic mass is 9.86. The molecule has 0 bridgehead atoms. The van der Waals surface area contributed by atoms with E-state index < -0.39 is 6.10 Å². The Morgan fingerprint density at radius 1 is 1.32 bits per heavy atom. The summed E-state index contributed by atoms with van der Waals surface area (Å²) in [5.74, 6) is -0.139. The van der Waals surface area contributed by atoms with Crippen LogP contribution in [0.5, 0.6) is 0 Å². The summed E-state index contributed by atoms with van der Waals surface area (Å²) in [5.41, 5.74) is 8.91. The maximum Gasteiger partial charge on any atom is 0.255 e. The van der Waals surface area contributed by atoms with E-state index in [4.69, 9.17) is 10.5 Å². The molecule has 1 aliphatic heterocycles. The Labute approximate surface area is 152 Å².